The molecule has 2 aromatic heterocycles. The van der Waals surface area contributed by atoms with Gasteiger partial charge in [0, 0.05) is 29.3 Å². The molecule has 184 valence electrons. The number of benzene rings is 1. The quantitative estimate of drug-likeness (QED) is 0.214. The lowest BCUT2D eigenvalue weighted by molar-refractivity contribution is -0.115. The summed E-state index contributed by atoms with van der Waals surface area (Å²) in [5.74, 6) is 0.809. The van der Waals surface area contributed by atoms with Crippen molar-refractivity contribution in [2.24, 2.45) is 0 Å². The average Bonchev–Trinajstić information content (AvgIpc) is 3.43. The number of ether oxygens (including phenoxy) is 1. The number of amides is 1. The normalized spacial score (nSPS) is 12.6. The van der Waals surface area contributed by atoms with Crippen molar-refractivity contribution in [3.05, 3.63) is 64.8 Å². The maximum absolute atomic E-state index is 12.7. The molecule has 10 heteroatoms. The number of nitrogens with one attached hydrogen (secondary N) is 2. The molecular weight excluding hydrogens is 482 g/mol. The number of rotatable bonds is 11. The fraction of sp³-hybridized carbons (Fsp3) is 0.360. The maximum atomic E-state index is 12.7. The molecule has 2 heterocycles. The predicted octanol–water partition coefficient (Wildman–Crippen LogP) is 4.92. The number of allylic oxidation sites excluding steroid dienone is 1. The van der Waals surface area contributed by atoms with Crippen molar-refractivity contribution in [3.8, 4) is 0 Å². The summed E-state index contributed by atoms with van der Waals surface area (Å²) in [7, 11) is 1.38. The molecule has 0 saturated carbocycles. The highest BCUT2D eigenvalue weighted by atomic mass is 32.2. The second-order valence-corrected chi connectivity index (χ2v) is 10.2. The van der Waals surface area contributed by atoms with E-state index >= 15 is 0 Å². The molecule has 0 bridgehead atoms. The Hall–Kier alpha value is -3.11. The van der Waals surface area contributed by atoms with Crippen LogP contribution in [-0.2, 0) is 35.5 Å². The van der Waals surface area contributed by atoms with Gasteiger partial charge < -0.3 is 19.9 Å². The van der Waals surface area contributed by atoms with Crippen molar-refractivity contribution < 1.29 is 14.3 Å². The van der Waals surface area contributed by atoms with Crippen LogP contribution in [-0.4, -0.2) is 39.5 Å². The van der Waals surface area contributed by atoms with Crippen LogP contribution in [0.25, 0.3) is 0 Å². The third kappa shape index (κ3) is 6.12. The van der Waals surface area contributed by atoms with E-state index in [2.05, 4.69) is 27.4 Å². The van der Waals surface area contributed by atoms with Crippen molar-refractivity contribution >= 4 is 45.7 Å². The summed E-state index contributed by atoms with van der Waals surface area (Å²) < 4.78 is 6.98. The topological polar surface area (TPSA) is 98.1 Å². The van der Waals surface area contributed by atoms with Crippen molar-refractivity contribution in [2.75, 3.05) is 23.5 Å². The van der Waals surface area contributed by atoms with Crippen LogP contribution in [0.1, 0.15) is 45.9 Å². The molecule has 1 aliphatic carbocycles. The van der Waals surface area contributed by atoms with Crippen LogP contribution in [0.2, 0.25) is 0 Å². The first-order valence-corrected chi connectivity index (χ1v) is 13.4. The largest absolute Gasteiger partial charge is 0.465 e. The van der Waals surface area contributed by atoms with Crippen molar-refractivity contribution in [1.82, 2.24) is 14.8 Å². The molecule has 0 radical (unpaired) electrons. The summed E-state index contributed by atoms with van der Waals surface area (Å²) in [5.41, 5.74) is 2.56. The van der Waals surface area contributed by atoms with Gasteiger partial charge >= 0.3 is 5.97 Å². The molecule has 0 spiro atoms. The molecule has 2 N–H and O–H groups in total. The van der Waals surface area contributed by atoms with Gasteiger partial charge in [0.2, 0.25) is 5.91 Å². The second kappa shape index (κ2) is 12.0. The molecule has 35 heavy (non-hydrogen) atoms. The molecular formula is C25H29N5O3S2. The van der Waals surface area contributed by atoms with Gasteiger partial charge in [-0.3, -0.25) is 4.79 Å². The Labute approximate surface area is 213 Å². The van der Waals surface area contributed by atoms with Crippen LogP contribution in [0.3, 0.4) is 0 Å². The van der Waals surface area contributed by atoms with E-state index in [0.29, 0.717) is 29.4 Å². The molecule has 0 atom stereocenters. The summed E-state index contributed by atoms with van der Waals surface area (Å²) in [6.07, 6.45) is 6.03. The zero-order chi connectivity index (χ0) is 24.6. The fourth-order valence-electron chi connectivity index (χ4n) is 4.00. The van der Waals surface area contributed by atoms with Crippen LogP contribution in [0, 0.1) is 0 Å². The van der Waals surface area contributed by atoms with Gasteiger partial charge in [0.25, 0.3) is 0 Å². The number of fused-ring (bicyclic) bond motifs is 1. The second-order valence-electron chi connectivity index (χ2n) is 8.07. The first-order valence-electron chi connectivity index (χ1n) is 11.6. The van der Waals surface area contributed by atoms with E-state index in [1.165, 1.54) is 35.1 Å². The van der Waals surface area contributed by atoms with E-state index in [1.54, 1.807) is 6.08 Å². The highest BCUT2D eigenvalue weighted by Crippen LogP contribution is 2.38. The minimum Gasteiger partial charge on any atom is -0.465 e. The number of hydrogen-bond donors (Lipinski definition) is 2. The Balaban J connectivity index is 1.36. The Morgan fingerprint density at radius 1 is 1.23 bits per heavy atom. The fourth-order valence-corrected chi connectivity index (χ4v) is 6.20. The summed E-state index contributed by atoms with van der Waals surface area (Å²) in [5, 5.41) is 16.3. The molecule has 1 aliphatic rings. The van der Waals surface area contributed by atoms with E-state index in [-0.39, 0.29) is 18.3 Å². The summed E-state index contributed by atoms with van der Waals surface area (Å²) in [4.78, 5) is 26.3. The summed E-state index contributed by atoms with van der Waals surface area (Å²) in [6, 6.07) is 9.92. The highest BCUT2D eigenvalue weighted by Gasteiger charge is 2.27. The van der Waals surface area contributed by atoms with Crippen LogP contribution in [0.5, 0.6) is 0 Å². The van der Waals surface area contributed by atoms with E-state index in [9.17, 15) is 9.59 Å². The first-order chi connectivity index (χ1) is 17.1. The maximum Gasteiger partial charge on any atom is 0.341 e. The molecule has 0 unspecified atom stereocenters. The van der Waals surface area contributed by atoms with Gasteiger partial charge in [-0.2, -0.15) is 0 Å². The number of para-hydroxylation sites is 1. The number of hydrogen-bond acceptors (Lipinski definition) is 8. The summed E-state index contributed by atoms with van der Waals surface area (Å²) >= 11 is 2.97. The number of carbonyl (C=O) groups excluding carboxylic acids is 2. The molecule has 8 nitrogen and oxygen atoms in total. The van der Waals surface area contributed by atoms with Crippen molar-refractivity contribution in [2.45, 2.75) is 50.4 Å². The van der Waals surface area contributed by atoms with E-state index in [0.717, 1.165) is 47.9 Å². The van der Waals surface area contributed by atoms with Crippen LogP contribution < -0.4 is 10.6 Å². The molecule has 1 amide bonds. The summed E-state index contributed by atoms with van der Waals surface area (Å²) in [6.45, 7) is 4.95. The smallest absolute Gasteiger partial charge is 0.341 e. The van der Waals surface area contributed by atoms with Crippen LogP contribution in [0.4, 0.5) is 10.7 Å². The third-order valence-corrected chi connectivity index (χ3v) is 7.88. The number of anilines is 2. The lowest BCUT2D eigenvalue weighted by Gasteiger charge is -2.11. The number of aryl methyl sites for hydroxylation is 1. The van der Waals surface area contributed by atoms with Crippen LogP contribution >= 0.6 is 23.1 Å². The molecule has 0 fully saturated rings. The number of carbonyl (C=O) groups is 2. The molecule has 4 rings (SSSR count). The zero-order valence-corrected chi connectivity index (χ0v) is 21.3. The molecule has 0 saturated heterocycles. The van der Waals surface area contributed by atoms with Gasteiger partial charge in [0.05, 0.1) is 19.2 Å². The Bertz CT molecular complexity index is 1190. The standard InChI is InChI=1S/C25H29N5O3S2/c1-3-14-30-20(16-26-17-9-5-4-6-10-17)28-29-25(30)34-15-13-21(31)27-23-22(24(32)33-2)18-11-7-8-12-19(18)35-23/h3-6,9-10,26H,1,7-8,11-16H2,2H3,(H,27,31). The Kier molecular flexibility index (Phi) is 8.59. The number of thioether (sulfide) groups is 1. The predicted molar refractivity (Wildman–Crippen MR) is 140 cm³/mol. The van der Waals surface area contributed by atoms with Gasteiger partial charge in [0.1, 0.15) is 5.00 Å². The number of nitrogens with zero attached hydrogens (tertiary/aromatic N) is 3. The number of thiophene rings is 1. The van der Waals surface area contributed by atoms with Crippen molar-refractivity contribution in [1.29, 1.82) is 0 Å². The average molecular weight is 512 g/mol. The molecule has 3 aromatic rings. The Morgan fingerprint density at radius 3 is 2.80 bits per heavy atom. The SMILES string of the molecule is C=CCn1c(CNc2ccccc2)nnc1SCCC(=O)Nc1sc2c(c1C(=O)OC)CCCC2. The van der Waals surface area contributed by atoms with E-state index < -0.39 is 0 Å². The first kappa shape index (κ1) is 25.0. The van der Waals surface area contributed by atoms with Gasteiger partial charge in [0.15, 0.2) is 11.0 Å². The third-order valence-electron chi connectivity index (χ3n) is 5.70. The zero-order valence-electron chi connectivity index (χ0n) is 19.7. The van der Waals surface area contributed by atoms with Crippen molar-refractivity contribution in [3.63, 3.8) is 0 Å². The van der Waals surface area contributed by atoms with Gasteiger partial charge in [-0.25, -0.2) is 4.79 Å². The van der Waals surface area contributed by atoms with E-state index in [1.807, 2.05) is 34.9 Å². The number of methoxy groups -OCH3 is 1. The lowest BCUT2D eigenvalue weighted by atomic mass is 9.95. The minimum absolute atomic E-state index is 0.137. The number of esters is 1. The monoisotopic (exact) mass is 511 g/mol. The molecule has 1 aromatic carbocycles. The number of aromatic nitrogens is 3. The Morgan fingerprint density at radius 2 is 2.03 bits per heavy atom. The molecule has 0 aliphatic heterocycles. The highest BCUT2D eigenvalue weighted by molar-refractivity contribution is 7.99. The minimum atomic E-state index is -0.386. The lowest BCUT2D eigenvalue weighted by Crippen LogP contribution is -2.15. The van der Waals surface area contributed by atoms with Gasteiger partial charge in [-0.05, 0) is 43.4 Å². The van der Waals surface area contributed by atoms with Gasteiger partial charge in [-0.15, -0.1) is 28.1 Å². The van der Waals surface area contributed by atoms with E-state index in [4.69, 9.17) is 4.74 Å². The van der Waals surface area contributed by atoms with Gasteiger partial charge in [-0.1, -0.05) is 36.0 Å². The van der Waals surface area contributed by atoms with Crippen LogP contribution in [0.15, 0.2) is 48.1 Å².